The van der Waals surface area contributed by atoms with Gasteiger partial charge in [-0.1, -0.05) is 69.1 Å². The fourth-order valence-electron chi connectivity index (χ4n) is 5.25. The molecule has 0 aliphatic carbocycles. The minimum absolute atomic E-state index is 0.0606. The van der Waals surface area contributed by atoms with Crippen molar-refractivity contribution in [3.05, 3.63) is 94.1 Å². The summed E-state index contributed by atoms with van der Waals surface area (Å²) in [5.41, 5.74) is 8.03. The number of hydrogen-bond donors (Lipinski definition) is 6. The van der Waals surface area contributed by atoms with E-state index < -0.39 is 74.0 Å². The van der Waals surface area contributed by atoms with Gasteiger partial charge in [0.05, 0.1) is 5.92 Å². The maximum Gasteiger partial charge on any atom is 0.326 e. The Morgan fingerprint density at radius 3 is 2.10 bits per heavy atom. The van der Waals surface area contributed by atoms with Crippen LogP contribution in [-0.4, -0.2) is 68.2 Å². The van der Waals surface area contributed by atoms with Crippen LogP contribution in [0.1, 0.15) is 31.4 Å². The molecule has 4 atom stereocenters. The summed E-state index contributed by atoms with van der Waals surface area (Å²) >= 11 is 9.41. The van der Waals surface area contributed by atoms with Gasteiger partial charge < -0.3 is 36.0 Å². The van der Waals surface area contributed by atoms with Gasteiger partial charge in [-0.25, -0.2) is 4.79 Å². The number of rotatable bonds is 18. The molecular formula is C35H35BrClN4O10P. The number of nitrogens with two attached hydrogens (primary N) is 1. The molecule has 1 unspecified atom stereocenters. The van der Waals surface area contributed by atoms with Crippen molar-refractivity contribution in [3.63, 3.8) is 0 Å². The van der Waals surface area contributed by atoms with Crippen LogP contribution >= 0.6 is 34.9 Å². The third kappa shape index (κ3) is 11.6. The van der Waals surface area contributed by atoms with Crippen molar-refractivity contribution < 1.29 is 48.2 Å². The fourth-order valence-corrected chi connectivity index (χ4v) is 7.42. The fraction of sp³-hybridized carbons (Fsp3) is 0.257. The van der Waals surface area contributed by atoms with E-state index >= 15 is 0 Å². The number of hydrogen-bond acceptors (Lipinski definition) is 8. The molecule has 1 aromatic heterocycles. The van der Waals surface area contributed by atoms with E-state index in [0.29, 0.717) is 20.8 Å². The molecule has 0 fully saturated rings. The van der Waals surface area contributed by atoms with Crippen LogP contribution in [0.25, 0.3) is 22.4 Å². The van der Waals surface area contributed by atoms with Gasteiger partial charge in [0.2, 0.25) is 25.1 Å². The first-order valence-corrected chi connectivity index (χ1v) is 18.9. The molecule has 0 bridgehead atoms. The van der Waals surface area contributed by atoms with E-state index in [0.717, 1.165) is 11.1 Å². The van der Waals surface area contributed by atoms with Gasteiger partial charge in [-0.05, 0) is 60.4 Å². The first-order valence-electron chi connectivity index (χ1n) is 15.8. The van der Waals surface area contributed by atoms with Crippen molar-refractivity contribution in [3.8, 4) is 22.4 Å². The van der Waals surface area contributed by atoms with Crippen LogP contribution in [0.4, 0.5) is 0 Å². The molecular weight excluding hydrogens is 783 g/mol. The van der Waals surface area contributed by atoms with Crippen molar-refractivity contribution in [2.75, 3.05) is 6.16 Å². The highest BCUT2D eigenvalue weighted by Gasteiger charge is 2.35. The summed E-state index contributed by atoms with van der Waals surface area (Å²) in [6, 6.07) is 19.2. The molecule has 7 N–H and O–H groups in total. The second kappa shape index (κ2) is 18.1. The maximum absolute atomic E-state index is 13.9. The van der Waals surface area contributed by atoms with E-state index in [9.17, 15) is 43.6 Å². The summed E-state index contributed by atoms with van der Waals surface area (Å²) in [7, 11) is -4.22. The van der Waals surface area contributed by atoms with Crippen molar-refractivity contribution in [1.29, 1.82) is 0 Å². The Hall–Kier alpha value is -4.82. The minimum atomic E-state index is -4.22. The Bertz CT molecular complexity index is 1970. The molecule has 0 spiro atoms. The summed E-state index contributed by atoms with van der Waals surface area (Å²) < 4.78 is 19.8. The molecule has 3 amide bonds. The molecule has 3 aromatic carbocycles. The summed E-state index contributed by atoms with van der Waals surface area (Å²) in [5.74, 6) is -6.64. The summed E-state index contributed by atoms with van der Waals surface area (Å²) in [5, 5.41) is 28.3. The van der Waals surface area contributed by atoms with Crippen molar-refractivity contribution in [1.82, 2.24) is 15.8 Å². The van der Waals surface area contributed by atoms with E-state index in [4.69, 9.17) is 21.9 Å². The van der Waals surface area contributed by atoms with Crippen molar-refractivity contribution >= 4 is 69.9 Å². The number of carbonyl (C=O) groups excluding carboxylic acids is 3. The van der Waals surface area contributed by atoms with Gasteiger partial charge >= 0.3 is 11.9 Å². The van der Waals surface area contributed by atoms with Crippen molar-refractivity contribution in [2.45, 2.75) is 44.2 Å². The van der Waals surface area contributed by atoms with Crippen LogP contribution < -0.4 is 21.7 Å². The minimum Gasteiger partial charge on any atom is -0.481 e. The third-order valence-corrected chi connectivity index (χ3v) is 10.8. The maximum atomic E-state index is 13.9. The molecule has 14 nitrogen and oxygen atoms in total. The van der Waals surface area contributed by atoms with Gasteiger partial charge in [0.15, 0.2) is 0 Å². The Morgan fingerprint density at radius 2 is 1.48 bits per heavy atom. The number of aromatic nitrogens is 1. The van der Waals surface area contributed by atoms with Crippen LogP contribution in [0.2, 0.25) is 5.02 Å². The molecule has 17 heteroatoms. The smallest absolute Gasteiger partial charge is 0.326 e. The number of nitrogens with one attached hydrogen (secondary N) is 2. The monoisotopic (exact) mass is 816 g/mol. The van der Waals surface area contributed by atoms with Gasteiger partial charge in [0.1, 0.15) is 23.5 Å². The molecule has 274 valence electrons. The highest BCUT2D eigenvalue weighted by Crippen LogP contribution is 2.42. The predicted octanol–water partition coefficient (Wildman–Crippen LogP) is 4.36. The van der Waals surface area contributed by atoms with Gasteiger partial charge in [0.25, 0.3) is 0 Å². The van der Waals surface area contributed by atoms with Crippen LogP contribution in [0.3, 0.4) is 0 Å². The Balaban J connectivity index is 1.59. The number of carbonyl (C=O) groups is 5. The van der Waals surface area contributed by atoms with E-state index in [1.807, 2.05) is 42.5 Å². The number of halogens is 2. The normalized spacial score (nSPS) is 14.0. The number of nitrogens with zero attached hydrogens (tertiary/aromatic N) is 1. The second-order valence-corrected chi connectivity index (χ2v) is 15.6. The first kappa shape index (κ1) is 40.0. The quantitative estimate of drug-likeness (QED) is 0.0771. The molecule has 4 rings (SSSR count). The molecule has 52 heavy (non-hydrogen) atoms. The summed E-state index contributed by atoms with van der Waals surface area (Å²) in [6.07, 6.45) is -2.59. The van der Waals surface area contributed by atoms with Gasteiger partial charge in [-0.2, -0.15) is 0 Å². The largest absolute Gasteiger partial charge is 0.481 e. The van der Waals surface area contributed by atoms with Crippen LogP contribution in [0.15, 0.2) is 87.9 Å². The Labute approximate surface area is 311 Å². The number of aliphatic carboxylic acids is 2. The van der Waals surface area contributed by atoms with Crippen molar-refractivity contribution in [2.24, 2.45) is 11.7 Å². The van der Waals surface area contributed by atoms with E-state index in [-0.39, 0.29) is 30.3 Å². The van der Waals surface area contributed by atoms with Crippen LogP contribution in [0, 0.1) is 5.92 Å². The topological polar surface area (TPSA) is 239 Å². The zero-order chi connectivity index (χ0) is 38.0. The SMILES string of the molecule is NC(=O)CC[C@H](NC(=O)[C@H](CCC(=O)O)NC(=O)[C@H](Cc1cc(-c2ccc(-c3cccc(Cl)c3)cc2)no1)CP(=O)(O)c1ccc(Br)cc1)C(=O)O. The zero-order valence-corrected chi connectivity index (χ0v) is 30.6. The third-order valence-electron chi connectivity index (χ3n) is 7.99. The van der Waals surface area contributed by atoms with E-state index in [2.05, 4.69) is 31.7 Å². The standard InChI is InChI=1S/C35H35BrClN4O10P/c36-24-8-10-27(11-9-24)52(49,50)19-23(33(45)39-28(13-15-32(43)44)34(46)40-29(35(47)48)12-14-31(38)42)17-26-18-30(41-51-26)21-6-4-20(5-7-21)22-2-1-3-25(37)16-22/h1-11,16,18,23,28-29H,12-15,17,19H2,(H2,38,42)(H,39,45)(H,40,46)(H,43,44)(H,47,48)(H,49,50)/t23-,28+,29+/m1/s1. The molecule has 1 heterocycles. The zero-order valence-electron chi connectivity index (χ0n) is 27.4. The predicted molar refractivity (Wildman–Crippen MR) is 195 cm³/mol. The van der Waals surface area contributed by atoms with Gasteiger partial charge in [-0.3, -0.25) is 23.7 Å². The molecule has 0 aliphatic rings. The van der Waals surface area contributed by atoms with Gasteiger partial charge in [-0.15, -0.1) is 0 Å². The first-order chi connectivity index (χ1) is 24.6. The number of carboxylic acid groups (broad SMARTS) is 2. The molecule has 0 aliphatic heterocycles. The molecule has 0 radical (unpaired) electrons. The number of amides is 3. The van der Waals surface area contributed by atoms with E-state index in [1.54, 1.807) is 24.3 Å². The lowest BCUT2D eigenvalue weighted by atomic mass is 10.0. The van der Waals surface area contributed by atoms with Gasteiger partial charge in [0, 0.05) is 51.9 Å². The average molecular weight is 818 g/mol. The highest BCUT2D eigenvalue weighted by molar-refractivity contribution is 9.10. The summed E-state index contributed by atoms with van der Waals surface area (Å²) in [6.45, 7) is 0. The Kier molecular flexibility index (Phi) is 13.9. The lowest BCUT2D eigenvalue weighted by Gasteiger charge is -2.24. The van der Waals surface area contributed by atoms with Crippen LogP contribution in [-0.2, 0) is 35.0 Å². The number of primary amides is 1. The Morgan fingerprint density at radius 1 is 0.846 bits per heavy atom. The summed E-state index contributed by atoms with van der Waals surface area (Å²) in [4.78, 5) is 72.6. The molecule has 4 aromatic rings. The number of carboxylic acids is 2. The molecule has 0 saturated heterocycles. The highest BCUT2D eigenvalue weighted by atomic mass is 79.9. The average Bonchev–Trinajstić information content (AvgIpc) is 3.56. The lowest BCUT2D eigenvalue weighted by Crippen LogP contribution is -2.53. The number of benzene rings is 3. The molecule has 0 saturated carbocycles. The van der Waals surface area contributed by atoms with E-state index in [1.165, 1.54) is 12.1 Å². The second-order valence-electron chi connectivity index (χ2n) is 11.9. The lowest BCUT2D eigenvalue weighted by molar-refractivity contribution is -0.143. The van der Waals surface area contributed by atoms with Crippen LogP contribution in [0.5, 0.6) is 0 Å².